The highest BCUT2D eigenvalue weighted by atomic mass is 19.1. The first kappa shape index (κ1) is 20.5. The molecule has 1 aliphatic heterocycles. The van der Waals surface area contributed by atoms with Gasteiger partial charge in [-0.05, 0) is 108 Å². The molecule has 0 aromatic heterocycles. The van der Waals surface area contributed by atoms with Gasteiger partial charge in [0, 0.05) is 23.4 Å². The van der Waals surface area contributed by atoms with Crippen molar-refractivity contribution in [1.82, 2.24) is 10.2 Å². The Balaban J connectivity index is 1.13. The van der Waals surface area contributed by atoms with Crippen LogP contribution in [0.15, 0.2) is 24.3 Å². The van der Waals surface area contributed by atoms with Gasteiger partial charge in [0.15, 0.2) is 5.78 Å². The Labute approximate surface area is 173 Å². The van der Waals surface area contributed by atoms with Crippen LogP contribution < -0.4 is 5.32 Å². The smallest absolute Gasteiger partial charge is 0.223 e. The summed E-state index contributed by atoms with van der Waals surface area (Å²) in [6.45, 7) is 3.07. The number of hydrogen-bond acceptors (Lipinski definition) is 3. The normalized spacial score (nSPS) is 26.2. The van der Waals surface area contributed by atoms with Crippen molar-refractivity contribution in [3.63, 3.8) is 0 Å². The van der Waals surface area contributed by atoms with Crippen molar-refractivity contribution in [2.24, 2.45) is 17.8 Å². The fourth-order valence-corrected chi connectivity index (χ4v) is 4.89. The Morgan fingerprint density at radius 3 is 2.17 bits per heavy atom. The molecule has 4 nitrogen and oxygen atoms in total. The molecule has 0 bridgehead atoms. The summed E-state index contributed by atoms with van der Waals surface area (Å²) >= 11 is 0. The summed E-state index contributed by atoms with van der Waals surface area (Å²) < 4.78 is 13.1. The molecule has 1 N–H and O–H groups in total. The van der Waals surface area contributed by atoms with Gasteiger partial charge in [0.05, 0.1) is 0 Å². The van der Waals surface area contributed by atoms with Crippen molar-refractivity contribution >= 4 is 11.7 Å². The van der Waals surface area contributed by atoms with Crippen molar-refractivity contribution in [3.05, 3.63) is 35.6 Å². The van der Waals surface area contributed by atoms with Crippen LogP contribution in [0, 0.1) is 23.6 Å². The maximum absolute atomic E-state index is 13.1. The molecule has 4 rings (SSSR count). The molecular formula is C24H33FN2O2. The van der Waals surface area contributed by atoms with Gasteiger partial charge in [0.2, 0.25) is 5.91 Å². The Morgan fingerprint density at radius 1 is 0.897 bits per heavy atom. The number of piperidine rings is 1. The lowest BCUT2D eigenvalue weighted by Gasteiger charge is -2.34. The van der Waals surface area contributed by atoms with Crippen LogP contribution in [0.1, 0.15) is 68.1 Å². The lowest BCUT2D eigenvalue weighted by Crippen LogP contribution is -2.40. The zero-order valence-electron chi connectivity index (χ0n) is 17.2. The molecule has 1 aromatic carbocycles. The molecular weight excluding hydrogens is 367 g/mol. The SMILES string of the molecule is O=C(N[C@H]1CC[C@H](CCN2CCC(C(=O)c3ccc(F)cc3)CC2)CC1)C1CC1. The van der Waals surface area contributed by atoms with E-state index in [1.165, 1.54) is 31.4 Å². The first-order valence-corrected chi connectivity index (χ1v) is 11.4. The second kappa shape index (κ2) is 9.38. The molecule has 5 heteroatoms. The Bertz CT molecular complexity index is 700. The highest BCUT2D eigenvalue weighted by Gasteiger charge is 2.32. The largest absolute Gasteiger partial charge is 0.353 e. The number of ketones is 1. The molecule has 1 aromatic rings. The average molecular weight is 401 g/mol. The molecule has 158 valence electrons. The molecule has 1 saturated heterocycles. The summed E-state index contributed by atoms with van der Waals surface area (Å²) in [7, 11) is 0. The minimum Gasteiger partial charge on any atom is -0.353 e. The number of carbonyl (C=O) groups excluding carboxylic acids is 2. The van der Waals surface area contributed by atoms with Crippen LogP contribution in [0.4, 0.5) is 4.39 Å². The number of rotatable bonds is 7. The molecule has 0 radical (unpaired) electrons. The zero-order chi connectivity index (χ0) is 20.2. The lowest BCUT2D eigenvalue weighted by molar-refractivity contribution is -0.123. The van der Waals surface area contributed by atoms with Crippen LogP contribution >= 0.6 is 0 Å². The number of halogens is 1. The van der Waals surface area contributed by atoms with E-state index in [0.717, 1.165) is 64.1 Å². The molecule has 1 heterocycles. The number of Topliss-reactive ketones (excluding diaryl/α,β-unsaturated/α-hetero) is 1. The summed E-state index contributed by atoms with van der Waals surface area (Å²) in [6.07, 6.45) is 9.85. The molecule has 0 unspecified atom stereocenters. The third-order valence-electron chi connectivity index (χ3n) is 7.08. The summed E-state index contributed by atoms with van der Waals surface area (Å²) in [6, 6.07) is 6.34. The van der Waals surface area contributed by atoms with E-state index in [1.807, 2.05) is 0 Å². The van der Waals surface area contributed by atoms with Gasteiger partial charge in [-0.3, -0.25) is 9.59 Å². The standard InChI is InChI=1S/C24H33FN2O2/c25-21-7-5-18(6-8-21)23(28)19-12-15-27(16-13-19)14-11-17-1-9-22(10-2-17)26-24(29)20-3-4-20/h5-8,17,19-20,22H,1-4,9-16H2,(H,26,29)/t17-,22-. The second-order valence-electron chi connectivity index (χ2n) is 9.28. The van der Waals surface area contributed by atoms with E-state index in [1.54, 1.807) is 12.1 Å². The van der Waals surface area contributed by atoms with E-state index in [-0.39, 0.29) is 23.4 Å². The van der Waals surface area contributed by atoms with Crippen molar-refractivity contribution in [2.45, 2.75) is 63.8 Å². The van der Waals surface area contributed by atoms with Gasteiger partial charge in [0.25, 0.3) is 0 Å². The first-order chi connectivity index (χ1) is 14.1. The van der Waals surface area contributed by atoms with E-state index in [0.29, 0.717) is 17.5 Å². The third-order valence-corrected chi connectivity index (χ3v) is 7.08. The van der Waals surface area contributed by atoms with Crippen LogP contribution in [-0.2, 0) is 4.79 Å². The second-order valence-corrected chi connectivity index (χ2v) is 9.28. The van der Waals surface area contributed by atoms with Gasteiger partial charge in [0.1, 0.15) is 5.82 Å². The number of benzene rings is 1. The fraction of sp³-hybridized carbons (Fsp3) is 0.667. The Hall–Kier alpha value is -1.75. The van der Waals surface area contributed by atoms with Crippen molar-refractivity contribution in [1.29, 1.82) is 0 Å². The molecule has 0 spiro atoms. The van der Waals surface area contributed by atoms with Crippen molar-refractivity contribution < 1.29 is 14.0 Å². The third kappa shape index (κ3) is 5.65. The summed E-state index contributed by atoms with van der Waals surface area (Å²) in [5, 5.41) is 3.24. The van der Waals surface area contributed by atoms with Gasteiger partial charge in [-0.15, -0.1) is 0 Å². The molecule has 3 aliphatic rings. The predicted octanol–water partition coefficient (Wildman–Crippen LogP) is 4.20. The molecule has 2 aliphatic carbocycles. The summed E-state index contributed by atoms with van der Waals surface area (Å²) in [5.41, 5.74) is 0.635. The molecule has 3 fully saturated rings. The van der Waals surface area contributed by atoms with E-state index < -0.39 is 0 Å². The number of amides is 1. The summed E-state index contributed by atoms with van der Waals surface area (Å²) in [5.74, 6) is 1.30. The minimum atomic E-state index is -0.296. The van der Waals surface area contributed by atoms with Gasteiger partial charge in [-0.1, -0.05) is 0 Å². The van der Waals surface area contributed by atoms with Crippen molar-refractivity contribution in [2.75, 3.05) is 19.6 Å². The van der Waals surface area contributed by atoms with Gasteiger partial charge < -0.3 is 10.2 Å². The number of hydrogen-bond donors (Lipinski definition) is 1. The van der Waals surface area contributed by atoms with E-state index >= 15 is 0 Å². The monoisotopic (exact) mass is 400 g/mol. The number of nitrogens with one attached hydrogen (secondary N) is 1. The summed E-state index contributed by atoms with van der Waals surface area (Å²) in [4.78, 5) is 27.0. The molecule has 2 saturated carbocycles. The first-order valence-electron chi connectivity index (χ1n) is 11.4. The molecule has 0 atom stereocenters. The molecule has 29 heavy (non-hydrogen) atoms. The fourth-order valence-electron chi connectivity index (χ4n) is 4.89. The number of likely N-dealkylation sites (tertiary alicyclic amines) is 1. The predicted molar refractivity (Wildman–Crippen MR) is 111 cm³/mol. The number of nitrogens with zero attached hydrogens (tertiary/aromatic N) is 1. The quantitative estimate of drug-likeness (QED) is 0.698. The van der Waals surface area contributed by atoms with E-state index in [4.69, 9.17) is 0 Å². The van der Waals surface area contributed by atoms with Crippen LogP contribution in [0.25, 0.3) is 0 Å². The Morgan fingerprint density at radius 2 is 1.55 bits per heavy atom. The van der Waals surface area contributed by atoms with Crippen LogP contribution in [0.5, 0.6) is 0 Å². The zero-order valence-corrected chi connectivity index (χ0v) is 17.2. The van der Waals surface area contributed by atoms with Crippen LogP contribution in [-0.4, -0.2) is 42.3 Å². The topological polar surface area (TPSA) is 49.4 Å². The highest BCUT2D eigenvalue weighted by Crippen LogP contribution is 2.31. The van der Waals surface area contributed by atoms with Gasteiger partial charge in [-0.25, -0.2) is 4.39 Å². The van der Waals surface area contributed by atoms with Crippen LogP contribution in [0.2, 0.25) is 0 Å². The Kier molecular flexibility index (Phi) is 6.63. The van der Waals surface area contributed by atoms with Crippen molar-refractivity contribution in [3.8, 4) is 0 Å². The maximum Gasteiger partial charge on any atom is 0.223 e. The van der Waals surface area contributed by atoms with Crippen LogP contribution in [0.3, 0.4) is 0 Å². The lowest BCUT2D eigenvalue weighted by atomic mass is 9.83. The van der Waals surface area contributed by atoms with Gasteiger partial charge in [-0.2, -0.15) is 0 Å². The minimum absolute atomic E-state index is 0.0715. The highest BCUT2D eigenvalue weighted by molar-refractivity contribution is 5.97. The van der Waals surface area contributed by atoms with E-state index in [9.17, 15) is 14.0 Å². The van der Waals surface area contributed by atoms with E-state index in [2.05, 4.69) is 10.2 Å². The average Bonchev–Trinajstić information content (AvgIpc) is 3.59. The molecule has 1 amide bonds. The van der Waals surface area contributed by atoms with Gasteiger partial charge >= 0.3 is 0 Å². The number of carbonyl (C=O) groups is 2. The maximum atomic E-state index is 13.1.